The van der Waals surface area contributed by atoms with Crippen LogP contribution in [0.4, 0.5) is 5.69 Å². The van der Waals surface area contributed by atoms with Crippen molar-refractivity contribution in [3.63, 3.8) is 0 Å². The summed E-state index contributed by atoms with van der Waals surface area (Å²) in [4.78, 5) is 6.37. The zero-order valence-corrected chi connectivity index (χ0v) is 8.24. The van der Waals surface area contributed by atoms with Crippen LogP contribution in [-0.2, 0) is 0 Å². The Hall–Kier alpha value is -1.25. The minimum absolute atomic E-state index is 0.143. The van der Waals surface area contributed by atoms with Crippen LogP contribution in [0.3, 0.4) is 0 Å². The van der Waals surface area contributed by atoms with Crippen molar-refractivity contribution < 1.29 is 4.74 Å². The molecule has 0 bridgehead atoms. The third kappa shape index (κ3) is 1.46. The minimum atomic E-state index is -0.143. The fraction of sp³-hybridized carbons (Fsp3) is 0.500. The van der Waals surface area contributed by atoms with Crippen LogP contribution in [0.15, 0.2) is 18.3 Å². The molecule has 0 unspecified atom stereocenters. The highest BCUT2D eigenvalue weighted by atomic mass is 16.5. The van der Waals surface area contributed by atoms with Crippen molar-refractivity contribution in [2.24, 2.45) is 0 Å². The van der Waals surface area contributed by atoms with Gasteiger partial charge in [0.2, 0.25) is 5.88 Å². The predicted molar refractivity (Wildman–Crippen MR) is 52.2 cm³/mol. The van der Waals surface area contributed by atoms with Crippen LogP contribution in [0.25, 0.3) is 0 Å². The van der Waals surface area contributed by atoms with E-state index in [0.29, 0.717) is 0 Å². The van der Waals surface area contributed by atoms with Crippen LogP contribution >= 0.6 is 0 Å². The van der Waals surface area contributed by atoms with Gasteiger partial charge in [-0.15, -0.1) is 0 Å². The molecule has 1 aliphatic rings. The SMILES string of the molecule is CN1CC(C)(C)Oc2ncccc21. The molecule has 13 heavy (non-hydrogen) atoms. The van der Waals surface area contributed by atoms with E-state index < -0.39 is 0 Å². The molecular weight excluding hydrogens is 164 g/mol. The van der Waals surface area contributed by atoms with E-state index in [0.717, 1.165) is 18.1 Å². The number of hydrogen-bond donors (Lipinski definition) is 0. The molecule has 70 valence electrons. The smallest absolute Gasteiger partial charge is 0.238 e. The monoisotopic (exact) mass is 178 g/mol. The Balaban J connectivity index is 2.43. The maximum absolute atomic E-state index is 5.74. The van der Waals surface area contributed by atoms with Crippen LogP contribution in [0.1, 0.15) is 13.8 Å². The zero-order valence-electron chi connectivity index (χ0n) is 8.24. The van der Waals surface area contributed by atoms with E-state index in [2.05, 4.69) is 30.8 Å². The number of likely N-dealkylation sites (N-methyl/N-ethyl adjacent to an activating group) is 1. The van der Waals surface area contributed by atoms with E-state index in [-0.39, 0.29) is 5.60 Å². The van der Waals surface area contributed by atoms with E-state index in [1.165, 1.54) is 0 Å². The first-order chi connectivity index (χ1) is 6.08. The third-order valence-electron chi connectivity index (χ3n) is 2.15. The lowest BCUT2D eigenvalue weighted by atomic mass is 10.1. The number of fused-ring (bicyclic) bond motifs is 1. The summed E-state index contributed by atoms with van der Waals surface area (Å²) in [5.74, 6) is 0.737. The second-order valence-electron chi connectivity index (χ2n) is 4.05. The Morgan fingerprint density at radius 2 is 2.31 bits per heavy atom. The summed E-state index contributed by atoms with van der Waals surface area (Å²) in [6, 6.07) is 3.95. The molecule has 2 rings (SSSR count). The predicted octanol–water partition coefficient (Wildman–Crippen LogP) is 1.69. The molecule has 0 N–H and O–H groups in total. The van der Waals surface area contributed by atoms with Crippen LogP contribution in [0.5, 0.6) is 5.88 Å². The summed E-state index contributed by atoms with van der Waals surface area (Å²) in [7, 11) is 2.06. The Morgan fingerprint density at radius 1 is 1.54 bits per heavy atom. The maximum Gasteiger partial charge on any atom is 0.238 e. The highest BCUT2D eigenvalue weighted by Gasteiger charge is 2.30. The molecule has 0 amide bonds. The standard InChI is InChI=1S/C10H14N2O/c1-10(2)7-12(3)8-5-4-6-11-9(8)13-10/h4-6H,7H2,1-3H3. The zero-order chi connectivity index (χ0) is 9.47. The lowest BCUT2D eigenvalue weighted by molar-refractivity contribution is 0.100. The number of hydrogen-bond acceptors (Lipinski definition) is 3. The third-order valence-corrected chi connectivity index (χ3v) is 2.15. The van der Waals surface area contributed by atoms with Crippen LogP contribution in [-0.4, -0.2) is 24.2 Å². The molecule has 1 aromatic heterocycles. The number of rotatable bonds is 0. The van der Waals surface area contributed by atoms with Gasteiger partial charge < -0.3 is 9.64 Å². The molecule has 1 aliphatic heterocycles. The van der Waals surface area contributed by atoms with Crippen molar-refractivity contribution in [3.05, 3.63) is 18.3 Å². The molecule has 2 heterocycles. The first-order valence-corrected chi connectivity index (χ1v) is 4.44. The van der Waals surface area contributed by atoms with Crippen molar-refractivity contribution in [1.29, 1.82) is 0 Å². The van der Waals surface area contributed by atoms with Gasteiger partial charge in [0.1, 0.15) is 5.60 Å². The largest absolute Gasteiger partial charge is 0.468 e. The van der Waals surface area contributed by atoms with Gasteiger partial charge in [-0.25, -0.2) is 4.98 Å². The molecule has 0 radical (unpaired) electrons. The van der Waals surface area contributed by atoms with Gasteiger partial charge in [-0.3, -0.25) is 0 Å². The van der Waals surface area contributed by atoms with Gasteiger partial charge >= 0.3 is 0 Å². The van der Waals surface area contributed by atoms with Crippen molar-refractivity contribution in [2.45, 2.75) is 19.4 Å². The summed E-state index contributed by atoms with van der Waals surface area (Å²) < 4.78 is 5.74. The lowest BCUT2D eigenvalue weighted by Gasteiger charge is -2.37. The van der Waals surface area contributed by atoms with E-state index in [1.807, 2.05) is 12.1 Å². The Morgan fingerprint density at radius 3 is 3.08 bits per heavy atom. The van der Waals surface area contributed by atoms with Gasteiger partial charge in [-0.2, -0.15) is 0 Å². The molecule has 0 saturated carbocycles. The molecule has 3 nitrogen and oxygen atoms in total. The quantitative estimate of drug-likeness (QED) is 0.604. The molecule has 0 spiro atoms. The second-order valence-corrected chi connectivity index (χ2v) is 4.05. The number of aromatic nitrogens is 1. The number of anilines is 1. The summed E-state index contributed by atoms with van der Waals surface area (Å²) in [6.45, 7) is 5.04. The number of pyridine rings is 1. The van der Waals surface area contributed by atoms with Crippen LogP contribution < -0.4 is 9.64 Å². The van der Waals surface area contributed by atoms with Gasteiger partial charge in [0.25, 0.3) is 0 Å². The van der Waals surface area contributed by atoms with Gasteiger partial charge in [0.05, 0.1) is 12.2 Å². The Labute approximate surface area is 78.3 Å². The van der Waals surface area contributed by atoms with Crippen LogP contribution in [0, 0.1) is 0 Å². The molecule has 1 aromatic rings. The first kappa shape index (κ1) is 8.35. The average Bonchev–Trinajstić information content (AvgIpc) is 2.02. The highest BCUT2D eigenvalue weighted by Crippen LogP contribution is 2.33. The molecule has 0 saturated heterocycles. The van der Waals surface area contributed by atoms with Crippen molar-refractivity contribution in [2.75, 3.05) is 18.5 Å². The molecule has 0 atom stereocenters. The number of ether oxygens (including phenoxy) is 1. The molecular formula is C10H14N2O. The average molecular weight is 178 g/mol. The lowest BCUT2D eigenvalue weighted by Crippen LogP contribution is -2.45. The van der Waals surface area contributed by atoms with Crippen LogP contribution in [0.2, 0.25) is 0 Å². The fourth-order valence-electron chi connectivity index (χ4n) is 1.70. The molecule has 0 aliphatic carbocycles. The topological polar surface area (TPSA) is 25.4 Å². The molecule has 0 fully saturated rings. The van der Waals surface area contributed by atoms with E-state index >= 15 is 0 Å². The van der Waals surface area contributed by atoms with Crippen molar-refractivity contribution in [3.8, 4) is 5.88 Å². The van der Waals surface area contributed by atoms with Crippen molar-refractivity contribution in [1.82, 2.24) is 4.98 Å². The maximum atomic E-state index is 5.74. The normalized spacial score (nSPS) is 19.2. The fourth-order valence-corrected chi connectivity index (χ4v) is 1.70. The second kappa shape index (κ2) is 2.62. The van der Waals surface area contributed by atoms with E-state index in [4.69, 9.17) is 4.74 Å². The van der Waals surface area contributed by atoms with Gasteiger partial charge in [0, 0.05) is 13.2 Å². The summed E-state index contributed by atoms with van der Waals surface area (Å²) >= 11 is 0. The summed E-state index contributed by atoms with van der Waals surface area (Å²) in [6.07, 6.45) is 1.76. The van der Waals surface area contributed by atoms with E-state index in [9.17, 15) is 0 Å². The van der Waals surface area contributed by atoms with Gasteiger partial charge in [-0.05, 0) is 26.0 Å². The highest BCUT2D eigenvalue weighted by molar-refractivity contribution is 5.56. The first-order valence-electron chi connectivity index (χ1n) is 4.44. The van der Waals surface area contributed by atoms with Crippen molar-refractivity contribution >= 4 is 5.69 Å². The Bertz CT molecular complexity index is 322. The minimum Gasteiger partial charge on any atom is -0.468 e. The van der Waals surface area contributed by atoms with Gasteiger partial charge in [-0.1, -0.05) is 0 Å². The molecule has 3 heteroatoms. The molecule has 0 aromatic carbocycles. The Kier molecular flexibility index (Phi) is 1.68. The van der Waals surface area contributed by atoms with Gasteiger partial charge in [0.15, 0.2) is 0 Å². The summed E-state index contributed by atoms with van der Waals surface area (Å²) in [5.41, 5.74) is 0.928. The van der Waals surface area contributed by atoms with E-state index in [1.54, 1.807) is 6.20 Å². The number of nitrogens with zero attached hydrogens (tertiary/aromatic N) is 2. The summed E-state index contributed by atoms with van der Waals surface area (Å²) in [5, 5.41) is 0.